The minimum absolute atomic E-state index is 0.0578. The Morgan fingerprint density at radius 1 is 1.37 bits per heavy atom. The van der Waals surface area contributed by atoms with Crippen LogP contribution in [0.2, 0.25) is 0 Å². The van der Waals surface area contributed by atoms with Crippen molar-refractivity contribution in [3.63, 3.8) is 0 Å². The molecule has 1 amide bonds. The van der Waals surface area contributed by atoms with Gasteiger partial charge in [0.2, 0.25) is 0 Å². The molecule has 0 aromatic heterocycles. The van der Waals surface area contributed by atoms with Crippen molar-refractivity contribution < 1.29 is 9.90 Å². The zero-order chi connectivity index (χ0) is 14.6. The Balaban J connectivity index is 2.85. The molecule has 0 aliphatic rings. The highest BCUT2D eigenvalue weighted by Crippen LogP contribution is 2.21. The van der Waals surface area contributed by atoms with Crippen molar-refractivity contribution in [3.05, 3.63) is 29.3 Å². The summed E-state index contributed by atoms with van der Waals surface area (Å²) >= 11 is 0. The summed E-state index contributed by atoms with van der Waals surface area (Å²) in [6.07, 6.45) is 0. The number of phenols is 1. The summed E-state index contributed by atoms with van der Waals surface area (Å²) in [4.78, 5) is 14.3. The summed E-state index contributed by atoms with van der Waals surface area (Å²) in [6, 6.07) is 5.26. The topological polar surface area (TPSA) is 52.6 Å². The molecule has 1 aromatic carbocycles. The fourth-order valence-corrected chi connectivity index (χ4v) is 1.90. The number of phenolic OH excluding ortho intramolecular Hbond substituents is 1. The monoisotopic (exact) mass is 264 g/mol. The third kappa shape index (κ3) is 4.24. The van der Waals surface area contributed by atoms with Gasteiger partial charge in [-0.05, 0) is 38.6 Å². The van der Waals surface area contributed by atoms with Crippen molar-refractivity contribution in [3.8, 4) is 5.75 Å². The SMILES string of the molecule is Cc1cccc(C(=O)NC(CN(C)C)C(C)C)c1O. The average molecular weight is 264 g/mol. The van der Waals surface area contributed by atoms with Crippen molar-refractivity contribution in [2.45, 2.75) is 26.8 Å². The number of likely N-dealkylation sites (N-methyl/N-ethyl adjacent to an activating group) is 1. The molecule has 1 unspecified atom stereocenters. The molecule has 4 nitrogen and oxygen atoms in total. The van der Waals surface area contributed by atoms with E-state index in [1.807, 2.05) is 19.0 Å². The first-order valence-corrected chi connectivity index (χ1v) is 6.57. The number of hydrogen-bond acceptors (Lipinski definition) is 3. The molecule has 1 rings (SSSR count). The molecule has 0 fully saturated rings. The van der Waals surface area contributed by atoms with Gasteiger partial charge in [0.05, 0.1) is 5.56 Å². The van der Waals surface area contributed by atoms with Gasteiger partial charge < -0.3 is 15.3 Å². The molecular weight excluding hydrogens is 240 g/mol. The second kappa shape index (κ2) is 6.57. The molecule has 0 aliphatic heterocycles. The van der Waals surface area contributed by atoms with Crippen molar-refractivity contribution in [2.24, 2.45) is 5.92 Å². The summed E-state index contributed by atoms with van der Waals surface area (Å²) in [5.74, 6) is 0.174. The Hall–Kier alpha value is -1.55. The van der Waals surface area contributed by atoms with E-state index in [0.29, 0.717) is 17.0 Å². The van der Waals surface area contributed by atoms with E-state index >= 15 is 0 Å². The maximum Gasteiger partial charge on any atom is 0.255 e. The highest BCUT2D eigenvalue weighted by Gasteiger charge is 2.20. The molecule has 0 aliphatic carbocycles. The van der Waals surface area contributed by atoms with E-state index in [1.54, 1.807) is 25.1 Å². The lowest BCUT2D eigenvalue weighted by Gasteiger charge is -2.25. The molecule has 106 valence electrons. The van der Waals surface area contributed by atoms with Crippen LogP contribution in [0.1, 0.15) is 29.8 Å². The maximum atomic E-state index is 12.2. The third-order valence-electron chi connectivity index (χ3n) is 3.17. The Labute approximate surface area is 115 Å². The molecule has 0 radical (unpaired) electrons. The van der Waals surface area contributed by atoms with Gasteiger partial charge >= 0.3 is 0 Å². The van der Waals surface area contributed by atoms with E-state index in [2.05, 4.69) is 19.2 Å². The first-order valence-electron chi connectivity index (χ1n) is 6.57. The number of nitrogens with one attached hydrogen (secondary N) is 1. The van der Waals surface area contributed by atoms with Gasteiger partial charge in [-0.1, -0.05) is 26.0 Å². The fourth-order valence-electron chi connectivity index (χ4n) is 1.90. The predicted octanol–water partition coefficient (Wildman–Crippen LogP) is 2.02. The normalized spacial score (nSPS) is 12.8. The van der Waals surface area contributed by atoms with E-state index < -0.39 is 0 Å². The van der Waals surface area contributed by atoms with Crippen LogP contribution < -0.4 is 5.32 Å². The fraction of sp³-hybridized carbons (Fsp3) is 0.533. The molecule has 0 heterocycles. The van der Waals surface area contributed by atoms with Gasteiger partial charge in [-0.3, -0.25) is 4.79 Å². The Morgan fingerprint density at radius 3 is 2.53 bits per heavy atom. The number of amides is 1. The number of aryl methyl sites for hydroxylation is 1. The van der Waals surface area contributed by atoms with Gasteiger partial charge in [-0.15, -0.1) is 0 Å². The van der Waals surface area contributed by atoms with Crippen LogP contribution in [0, 0.1) is 12.8 Å². The molecule has 19 heavy (non-hydrogen) atoms. The van der Waals surface area contributed by atoms with Gasteiger partial charge in [0, 0.05) is 12.6 Å². The number of nitrogens with zero attached hydrogens (tertiary/aromatic N) is 1. The minimum atomic E-state index is -0.221. The Morgan fingerprint density at radius 2 is 2.00 bits per heavy atom. The zero-order valence-electron chi connectivity index (χ0n) is 12.4. The standard InChI is InChI=1S/C15H24N2O2/c1-10(2)13(9-17(4)5)16-15(19)12-8-6-7-11(3)14(12)18/h6-8,10,13,18H,9H2,1-5H3,(H,16,19). The molecule has 0 spiro atoms. The van der Waals surface area contributed by atoms with Crippen LogP contribution in [0.15, 0.2) is 18.2 Å². The van der Waals surface area contributed by atoms with Gasteiger partial charge in [0.1, 0.15) is 5.75 Å². The van der Waals surface area contributed by atoms with E-state index in [0.717, 1.165) is 6.54 Å². The second-order valence-electron chi connectivity index (χ2n) is 5.56. The molecule has 4 heteroatoms. The number of hydrogen-bond donors (Lipinski definition) is 2. The lowest BCUT2D eigenvalue weighted by atomic mass is 10.0. The van der Waals surface area contributed by atoms with Gasteiger partial charge in [-0.25, -0.2) is 0 Å². The predicted molar refractivity (Wildman–Crippen MR) is 77.5 cm³/mol. The summed E-state index contributed by atoms with van der Waals surface area (Å²) in [7, 11) is 3.96. The van der Waals surface area contributed by atoms with E-state index in [1.165, 1.54) is 0 Å². The molecule has 1 aromatic rings. The van der Waals surface area contributed by atoms with E-state index in [9.17, 15) is 9.90 Å². The summed E-state index contributed by atoms with van der Waals surface area (Å²) in [5, 5.41) is 12.9. The number of benzene rings is 1. The molecular formula is C15H24N2O2. The first-order chi connectivity index (χ1) is 8.82. The van der Waals surface area contributed by atoms with E-state index in [-0.39, 0.29) is 17.7 Å². The van der Waals surface area contributed by atoms with Crippen molar-refractivity contribution in [2.75, 3.05) is 20.6 Å². The third-order valence-corrected chi connectivity index (χ3v) is 3.17. The van der Waals surface area contributed by atoms with Gasteiger partial charge in [0.15, 0.2) is 0 Å². The van der Waals surface area contributed by atoms with Crippen LogP contribution in [0.3, 0.4) is 0 Å². The van der Waals surface area contributed by atoms with Crippen molar-refractivity contribution in [1.82, 2.24) is 10.2 Å². The number of carbonyl (C=O) groups excluding carboxylic acids is 1. The molecule has 0 saturated carbocycles. The van der Waals surface area contributed by atoms with Crippen LogP contribution in [0.4, 0.5) is 0 Å². The molecule has 2 N–H and O–H groups in total. The number of para-hydroxylation sites is 1. The van der Waals surface area contributed by atoms with Crippen LogP contribution in [0.5, 0.6) is 5.75 Å². The van der Waals surface area contributed by atoms with Crippen LogP contribution in [-0.2, 0) is 0 Å². The van der Waals surface area contributed by atoms with Crippen LogP contribution in [0.25, 0.3) is 0 Å². The largest absolute Gasteiger partial charge is 0.507 e. The smallest absolute Gasteiger partial charge is 0.255 e. The summed E-state index contributed by atoms with van der Waals surface area (Å²) in [5.41, 5.74) is 1.05. The van der Waals surface area contributed by atoms with Crippen molar-refractivity contribution in [1.29, 1.82) is 0 Å². The zero-order valence-corrected chi connectivity index (χ0v) is 12.4. The lowest BCUT2D eigenvalue weighted by Crippen LogP contribution is -2.45. The molecule has 0 bridgehead atoms. The average Bonchev–Trinajstić information content (AvgIpc) is 2.31. The number of aromatic hydroxyl groups is 1. The van der Waals surface area contributed by atoms with Gasteiger partial charge in [0.25, 0.3) is 5.91 Å². The van der Waals surface area contributed by atoms with Crippen LogP contribution in [-0.4, -0.2) is 42.6 Å². The Kier molecular flexibility index (Phi) is 5.36. The highest BCUT2D eigenvalue weighted by atomic mass is 16.3. The van der Waals surface area contributed by atoms with E-state index in [4.69, 9.17) is 0 Å². The number of carbonyl (C=O) groups is 1. The van der Waals surface area contributed by atoms with Crippen LogP contribution >= 0.6 is 0 Å². The quantitative estimate of drug-likeness (QED) is 0.855. The summed E-state index contributed by atoms with van der Waals surface area (Å²) in [6.45, 7) is 6.71. The first kappa shape index (κ1) is 15.5. The summed E-state index contributed by atoms with van der Waals surface area (Å²) < 4.78 is 0. The highest BCUT2D eigenvalue weighted by molar-refractivity contribution is 5.97. The molecule has 1 atom stereocenters. The maximum absolute atomic E-state index is 12.2. The molecule has 0 saturated heterocycles. The Bertz CT molecular complexity index is 442. The second-order valence-corrected chi connectivity index (χ2v) is 5.56. The number of rotatable bonds is 5. The lowest BCUT2D eigenvalue weighted by molar-refractivity contribution is 0.0914. The van der Waals surface area contributed by atoms with Gasteiger partial charge in [-0.2, -0.15) is 0 Å². The van der Waals surface area contributed by atoms with Crippen molar-refractivity contribution >= 4 is 5.91 Å². The minimum Gasteiger partial charge on any atom is -0.507 e.